The van der Waals surface area contributed by atoms with Crippen molar-refractivity contribution in [3.8, 4) is 0 Å². The smallest absolute Gasteiger partial charge is 0.294 e. The molecule has 2 heterocycles. The molecule has 2 aliphatic rings. The Morgan fingerprint density at radius 1 is 1.18 bits per heavy atom. The summed E-state index contributed by atoms with van der Waals surface area (Å²) < 4.78 is 5.28. The summed E-state index contributed by atoms with van der Waals surface area (Å²) in [5.74, 6) is -0.206. The van der Waals surface area contributed by atoms with E-state index < -0.39 is 0 Å². The minimum Gasteiger partial charge on any atom is -0.379 e. The number of nitrogens with zero attached hydrogens (tertiary/aromatic N) is 2. The number of hydrogen-bond acceptors (Lipinski definition) is 5. The van der Waals surface area contributed by atoms with E-state index in [0.29, 0.717) is 24.8 Å². The number of morpholine rings is 1. The van der Waals surface area contributed by atoms with E-state index in [1.807, 2.05) is 31.2 Å². The Balaban J connectivity index is 1.71. The van der Waals surface area contributed by atoms with E-state index in [0.717, 1.165) is 36.0 Å². The molecule has 0 unspecified atom stereocenters. The molecule has 0 spiro atoms. The number of carbonyl (C=O) groups excluding carboxylic acids is 2. The van der Waals surface area contributed by atoms with E-state index in [4.69, 9.17) is 4.74 Å². The van der Waals surface area contributed by atoms with E-state index in [2.05, 4.69) is 4.90 Å². The van der Waals surface area contributed by atoms with E-state index in [1.54, 1.807) is 6.08 Å². The van der Waals surface area contributed by atoms with Gasteiger partial charge in [-0.1, -0.05) is 29.8 Å². The topological polar surface area (TPSA) is 49.9 Å². The third-order valence-corrected chi connectivity index (χ3v) is 4.60. The molecule has 2 aliphatic heterocycles. The van der Waals surface area contributed by atoms with E-state index in [-0.39, 0.29) is 11.1 Å². The quantitative estimate of drug-likeness (QED) is 0.801. The maximum atomic E-state index is 12.4. The van der Waals surface area contributed by atoms with Crippen molar-refractivity contribution in [2.45, 2.75) is 6.92 Å². The number of aryl methyl sites for hydroxylation is 1. The van der Waals surface area contributed by atoms with Gasteiger partial charge in [0, 0.05) is 13.1 Å². The maximum Gasteiger partial charge on any atom is 0.294 e. The first-order valence-corrected chi connectivity index (χ1v) is 8.07. The Morgan fingerprint density at radius 2 is 1.86 bits per heavy atom. The molecular formula is C16H18N2O3S. The van der Waals surface area contributed by atoms with Gasteiger partial charge in [0.25, 0.3) is 11.1 Å². The third-order valence-electron chi connectivity index (χ3n) is 3.69. The van der Waals surface area contributed by atoms with Crippen LogP contribution in [0.15, 0.2) is 29.2 Å². The van der Waals surface area contributed by atoms with Gasteiger partial charge in [-0.3, -0.25) is 19.4 Å². The summed E-state index contributed by atoms with van der Waals surface area (Å²) in [7, 11) is 0. The zero-order valence-corrected chi connectivity index (χ0v) is 13.3. The molecule has 2 fully saturated rings. The lowest BCUT2D eigenvalue weighted by Crippen LogP contribution is -2.45. The molecule has 0 atom stereocenters. The average molecular weight is 318 g/mol. The fourth-order valence-corrected chi connectivity index (χ4v) is 3.21. The second-order valence-corrected chi connectivity index (χ2v) is 6.39. The molecule has 2 amide bonds. The highest BCUT2D eigenvalue weighted by molar-refractivity contribution is 8.18. The summed E-state index contributed by atoms with van der Waals surface area (Å²) in [4.78, 5) is 28.4. The van der Waals surface area contributed by atoms with Gasteiger partial charge in [-0.15, -0.1) is 0 Å². The molecule has 22 heavy (non-hydrogen) atoms. The number of rotatable bonds is 3. The van der Waals surface area contributed by atoms with Gasteiger partial charge in [-0.2, -0.15) is 0 Å². The van der Waals surface area contributed by atoms with Crippen molar-refractivity contribution in [3.63, 3.8) is 0 Å². The Labute approximate surface area is 133 Å². The molecule has 3 rings (SSSR count). The van der Waals surface area contributed by atoms with Crippen molar-refractivity contribution in [3.05, 3.63) is 40.3 Å². The number of thioether (sulfide) groups is 1. The Morgan fingerprint density at radius 3 is 2.55 bits per heavy atom. The van der Waals surface area contributed by atoms with Gasteiger partial charge in [0.1, 0.15) is 0 Å². The van der Waals surface area contributed by atoms with Crippen LogP contribution in [0.4, 0.5) is 4.79 Å². The normalized spacial score (nSPS) is 21.9. The van der Waals surface area contributed by atoms with Crippen LogP contribution >= 0.6 is 11.8 Å². The Kier molecular flexibility index (Phi) is 4.61. The van der Waals surface area contributed by atoms with E-state index in [1.165, 1.54) is 4.90 Å². The molecule has 2 saturated heterocycles. The molecule has 116 valence electrons. The van der Waals surface area contributed by atoms with Gasteiger partial charge in [-0.25, -0.2) is 0 Å². The first-order chi connectivity index (χ1) is 10.6. The highest BCUT2D eigenvalue weighted by atomic mass is 32.2. The van der Waals surface area contributed by atoms with Crippen molar-refractivity contribution >= 4 is 29.0 Å². The van der Waals surface area contributed by atoms with E-state index >= 15 is 0 Å². The largest absolute Gasteiger partial charge is 0.379 e. The lowest BCUT2D eigenvalue weighted by molar-refractivity contribution is -0.125. The van der Waals surface area contributed by atoms with E-state index in [9.17, 15) is 9.59 Å². The number of hydrogen-bond donors (Lipinski definition) is 0. The predicted molar refractivity (Wildman–Crippen MR) is 86.2 cm³/mol. The van der Waals surface area contributed by atoms with Crippen LogP contribution < -0.4 is 0 Å². The fraction of sp³-hybridized carbons (Fsp3) is 0.375. The monoisotopic (exact) mass is 318 g/mol. The minimum atomic E-state index is -0.206. The summed E-state index contributed by atoms with van der Waals surface area (Å²) in [6.07, 6.45) is 1.78. The standard InChI is InChI=1S/C16H18N2O3S/c1-12-2-4-13(5-3-12)10-14-15(19)18(16(20)22-14)11-17-6-8-21-9-7-17/h2-5,10H,6-9,11H2,1H3. The van der Waals surface area contributed by atoms with Crippen molar-refractivity contribution in [2.75, 3.05) is 33.0 Å². The third kappa shape index (κ3) is 3.40. The van der Waals surface area contributed by atoms with Gasteiger partial charge in [0.15, 0.2) is 0 Å². The van der Waals surface area contributed by atoms with Gasteiger partial charge in [0.05, 0.1) is 24.8 Å². The highest BCUT2D eigenvalue weighted by Crippen LogP contribution is 2.32. The van der Waals surface area contributed by atoms with Gasteiger partial charge < -0.3 is 4.74 Å². The number of benzene rings is 1. The summed E-state index contributed by atoms with van der Waals surface area (Å²) in [5, 5.41) is -0.199. The van der Waals surface area contributed by atoms with Crippen LogP contribution in [0.1, 0.15) is 11.1 Å². The minimum absolute atomic E-state index is 0.199. The molecule has 1 aromatic rings. The molecule has 5 nitrogen and oxygen atoms in total. The lowest BCUT2D eigenvalue weighted by atomic mass is 10.1. The van der Waals surface area contributed by atoms with Crippen molar-refractivity contribution in [1.29, 1.82) is 0 Å². The predicted octanol–water partition coefficient (Wildman–Crippen LogP) is 2.32. The second kappa shape index (κ2) is 6.64. The molecule has 0 aromatic heterocycles. The first-order valence-electron chi connectivity index (χ1n) is 7.25. The van der Waals surface area contributed by atoms with Crippen LogP contribution in [0.25, 0.3) is 6.08 Å². The van der Waals surface area contributed by atoms with Gasteiger partial charge in [0.2, 0.25) is 0 Å². The molecule has 0 saturated carbocycles. The Bertz CT molecular complexity index is 606. The van der Waals surface area contributed by atoms with Crippen LogP contribution in [0, 0.1) is 6.92 Å². The summed E-state index contributed by atoms with van der Waals surface area (Å²) in [6, 6.07) is 7.88. The molecule has 0 aliphatic carbocycles. The van der Waals surface area contributed by atoms with Gasteiger partial charge >= 0.3 is 0 Å². The van der Waals surface area contributed by atoms with Crippen LogP contribution in [-0.2, 0) is 9.53 Å². The number of amides is 2. The summed E-state index contributed by atoms with van der Waals surface area (Å²) in [5.41, 5.74) is 2.10. The lowest BCUT2D eigenvalue weighted by Gasteiger charge is -2.29. The Hall–Kier alpha value is -1.63. The highest BCUT2D eigenvalue weighted by Gasteiger charge is 2.36. The molecule has 0 radical (unpaired) electrons. The molecule has 1 aromatic carbocycles. The first kappa shape index (κ1) is 15.3. The van der Waals surface area contributed by atoms with Gasteiger partial charge in [-0.05, 0) is 30.3 Å². The average Bonchev–Trinajstić information content (AvgIpc) is 2.78. The van der Waals surface area contributed by atoms with Crippen molar-refractivity contribution in [1.82, 2.24) is 9.80 Å². The molecular weight excluding hydrogens is 300 g/mol. The number of imide groups is 1. The summed E-state index contributed by atoms with van der Waals surface area (Å²) >= 11 is 1.01. The number of carbonyl (C=O) groups is 2. The van der Waals surface area contributed by atoms with Crippen LogP contribution in [0.2, 0.25) is 0 Å². The van der Waals surface area contributed by atoms with Crippen LogP contribution in [0.5, 0.6) is 0 Å². The maximum absolute atomic E-state index is 12.4. The fourth-order valence-electron chi connectivity index (χ4n) is 2.38. The zero-order valence-electron chi connectivity index (χ0n) is 12.4. The molecule has 0 N–H and O–H groups in total. The van der Waals surface area contributed by atoms with Crippen LogP contribution in [-0.4, -0.2) is 53.9 Å². The van der Waals surface area contributed by atoms with Crippen molar-refractivity contribution in [2.24, 2.45) is 0 Å². The number of ether oxygens (including phenoxy) is 1. The zero-order chi connectivity index (χ0) is 15.5. The summed E-state index contributed by atoms with van der Waals surface area (Å²) in [6.45, 7) is 5.15. The SMILES string of the molecule is Cc1ccc(C=C2SC(=O)N(CN3CCOCC3)C2=O)cc1. The molecule has 6 heteroatoms. The second-order valence-electron chi connectivity index (χ2n) is 5.39. The molecule has 0 bridgehead atoms. The van der Waals surface area contributed by atoms with Crippen molar-refractivity contribution < 1.29 is 14.3 Å². The van der Waals surface area contributed by atoms with Crippen LogP contribution in [0.3, 0.4) is 0 Å².